The van der Waals surface area contributed by atoms with E-state index in [2.05, 4.69) is 5.32 Å². The van der Waals surface area contributed by atoms with E-state index in [1.54, 1.807) is 43.3 Å². The zero-order chi connectivity index (χ0) is 26.0. The van der Waals surface area contributed by atoms with E-state index in [0.29, 0.717) is 43.3 Å². The molecule has 1 heterocycles. The van der Waals surface area contributed by atoms with Crippen LogP contribution in [0.5, 0.6) is 0 Å². The molecule has 0 fully saturated rings. The number of amides is 1. The van der Waals surface area contributed by atoms with Gasteiger partial charge in [-0.25, -0.2) is 14.6 Å². The first-order chi connectivity index (χ1) is 17.2. The molecule has 182 valence electrons. The molecule has 0 spiro atoms. The van der Waals surface area contributed by atoms with Gasteiger partial charge in [0.15, 0.2) is 0 Å². The molecule has 0 saturated carbocycles. The number of fused-ring (bicyclic) bond motifs is 1. The number of hydrogen-bond acceptors (Lipinski definition) is 6. The summed E-state index contributed by atoms with van der Waals surface area (Å²) in [6, 6.07) is 16.4. The maximum Gasteiger partial charge on any atom is 0.339 e. The maximum atomic E-state index is 13.7. The molecule has 36 heavy (non-hydrogen) atoms. The van der Waals surface area contributed by atoms with E-state index in [4.69, 9.17) is 37.7 Å². The van der Waals surface area contributed by atoms with Gasteiger partial charge in [-0.15, -0.1) is 0 Å². The standard InChI is InChI=1S/C27H20Cl2N2O5/c1-14-23(25(32)31-22-12-15(26(33)35-2)8-10-19(22)27(34)36-3)18-6-4-5-7-21(18)30-24(14)17-11-9-16(28)13-20(17)29/h4-13H,1-3H3,(H,31,32). The van der Waals surface area contributed by atoms with Crippen molar-refractivity contribution in [3.63, 3.8) is 0 Å². The Kier molecular flexibility index (Phi) is 7.24. The van der Waals surface area contributed by atoms with Crippen molar-refractivity contribution < 1.29 is 23.9 Å². The molecule has 0 bridgehead atoms. The van der Waals surface area contributed by atoms with E-state index in [9.17, 15) is 14.4 Å². The highest BCUT2D eigenvalue weighted by Crippen LogP contribution is 2.35. The predicted octanol–water partition coefficient (Wildman–Crippen LogP) is 6.34. The number of para-hydroxylation sites is 1. The van der Waals surface area contributed by atoms with Crippen molar-refractivity contribution >= 4 is 57.6 Å². The summed E-state index contributed by atoms with van der Waals surface area (Å²) in [5.41, 5.74) is 2.94. The fourth-order valence-electron chi connectivity index (χ4n) is 3.91. The van der Waals surface area contributed by atoms with Crippen molar-refractivity contribution in [2.24, 2.45) is 0 Å². The third kappa shape index (κ3) is 4.76. The van der Waals surface area contributed by atoms with Gasteiger partial charge in [0.25, 0.3) is 5.91 Å². The number of carbonyl (C=O) groups is 3. The van der Waals surface area contributed by atoms with Crippen LogP contribution in [0.15, 0.2) is 60.7 Å². The lowest BCUT2D eigenvalue weighted by Crippen LogP contribution is -2.18. The number of rotatable bonds is 5. The molecule has 7 nitrogen and oxygen atoms in total. The number of halogens is 2. The third-order valence-electron chi connectivity index (χ3n) is 5.64. The van der Waals surface area contributed by atoms with Crippen LogP contribution in [0.25, 0.3) is 22.2 Å². The van der Waals surface area contributed by atoms with Crippen LogP contribution in [0.2, 0.25) is 10.0 Å². The fraction of sp³-hybridized carbons (Fsp3) is 0.111. The van der Waals surface area contributed by atoms with Crippen molar-refractivity contribution in [2.75, 3.05) is 19.5 Å². The summed E-state index contributed by atoms with van der Waals surface area (Å²) in [5, 5.41) is 4.23. The summed E-state index contributed by atoms with van der Waals surface area (Å²) >= 11 is 12.5. The number of methoxy groups -OCH3 is 2. The van der Waals surface area contributed by atoms with Crippen LogP contribution in [-0.4, -0.2) is 37.0 Å². The summed E-state index contributed by atoms with van der Waals surface area (Å²) in [6.45, 7) is 1.76. The number of carbonyl (C=O) groups excluding carboxylic acids is 3. The molecule has 1 aromatic heterocycles. The van der Waals surface area contributed by atoms with Crippen LogP contribution in [-0.2, 0) is 9.47 Å². The Morgan fingerprint density at radius 3 is 2.31 bits per heavy atom. The van der Waals surface area contributed by atoms with E-state index in [-0.39, 0.29) is 16.8 Å². The zero-order valence-electron chi connectivity index (χ0n) is 19.5. The van der Waals surface area contributed by atoms with Gasteiger partial charge in [-0.3, -0.25) is 4.79 Å². The lowest BCUT2D eigenvalue weighted by atomic mass is 9.97. The number of ether oxygens (including phenoxy) is 2. The molecule has 0 atom stereocenters. The average molecular weight is 523 g/mol. The molecule has 3 aromatic carbocycles. The van der Waals surface area contributed by atoms with Gasteiger partial charge in [0, 0.05) is 16.0 Å². The van der Waals surface area contributed by atoms with Crippen LogP contribution in [0.1, 0.15) is 36.6 Å². The van der Waals surface area contributed by atoms with Crippen LogP contribution in [0.4, 0.5) is 5.69 Å². The van der Waals surface area contributed by atoms with Gasteiger partial charge < -0.3 is 14.8 Å². The van der Waals surface area contributed by atoms with Crippen molar-refractivity contribution in [3.8, 4) is 11.3 Å². The number of hydrogen-bond donors (Lipinski definition) is 1. The summed E-state index contributed by atoms with van der Waals surface area (Å²) in [7, 11) is 2.47. The molecular formula is C27H20Cl2N2O5. The highest BCUT2D eigenvalue weighted by molar-refractivity contribution is 6.36. The number of benzene rings is 3. The molecule has 4 rings (SSSR count). The van der Waals surface area contributed by atoms with E-state index >= 15 is 0 Å². The van der Waals surface area contributed by atoms with Crippen molar-refractivity contribution in [2.45, 2.75) is 6.92 Å². The van der Waals surface area contributed by atoms with Gasteiger partial charge in [0.2, 0.25) is 0 Å². The van der Waals surface area contributed by atoms with Gasteiger partial charge in [0.05, 0.1) is 52.8 Å². The molecule has 0 radical (unpaired) electrons. The summed E-state index contributed by atoms with van der Waals surface area (Å²) in [4.78, 5) is 42.9. The van der Waals surface area contributed by atoms with Crippen LogP contribution in [0, 0.1) is 6.92 Å². The molecule has 0 aliphatic heterocycles. The summed E-state index contributed by atoms with van der Waals surface area (Å²) < 4.78 is 9.61. The molecule has 0 aliphatic carbocycles. The number of anilines is 1. The topological polar surface area (TPSA) is 94.6 Å². The second-order valence-corrected chi connectivity index (χ2v) is 8.64. The van der Waals surface area contributed by atoms with Crippen LogP contribution in [0.3, 0.4) is 0 Å². The number of pyridine rings is 1. The monoisotopic (exact) mass is 522 g/mol. The largest absolute Gasteiger partial charge is 0.465 e. The van der Waals surface area contributed by atoms with Crippen LogP contribution >= 0.6 is 23.2 Å². The molecule has 0 aliphatic rings. The molecule has 1 N–H and O–H groups in total. The fourth-order valence-corrected chi connectivity index (χ4v) is 4.41. The quantitative estimate of drug-likeness (QED) is 0.307. The van der Waals surface area contributed by atoms with Crippen molar-refractivity contribution in [1.29, 1.82) is 0 Å². The predicted molar refractivity (Wildman–Crippen MR) is 139 cm³/mol. The molecule has 0 unspecified atom stereocenters. The van der Waals surface area contributed by atoms with Gasteiger partial charge in [0.1, 0.15) is 0 Å². The van der Waals surface area contributed by atoms with Gasteiger partial charge in [-0.05, 0) is 55.0 Å². The lowest BCUT2D eigenvalue weighted by molar-refractivity contribution is 0.0587. The Morgan fingerprint density at radius 2 is 1.61 bits per heavy atom. The SMILES string of the molecule is COC(=O)c1ccc(C(=O)OC)c(NC(=O)c2c(C)c(-c3ccc(Cl)cc3Cl)nc3ccccc23)c1. The van der Waals surface area contributed by atoms with Gasteiger partial charge in [-0.2, -0.15) is 0 Å². The number of nitrogens with one attached hydrogen (secondary N) is 1. The average Bonchev–Trinajstić information content (AvgIpc) is 2.87. The normalized spacial score (nSPS) is 10.7. The first-order valence-electron chi connectivity index (χ1n) is 10.7. The minimum absolute atomic E-state index is 0.0792. The molecule has 0 saturated heterocycles. The van der Waals surface area contributed by atoms with Crippen molar-refractivity contribution in [3.05, 3.63) is 93.0 Å². The second kappa shape index (κ2) is 10.4. The van der Waals surface area contributed by atoms with E-state index < -0.39 is 17.8 Å². The Bertz CT molecular complexity index is 1530. The Balaban J connectivity index is 1.89. The first kappa shape index (κ1) is 25.2. The highest BCUT2D eigenvalue weighted by Gasteiger charge is 2.23. The summed E-state index contributed by atoms with van der Waals surface area (Å²) in [6.07, 6.45) is 0. The van der Waals surface area contributed by atoms with Gasteiger partial charge in [-0.1, -0.05) is 41.4 Å². The molecule has 9 heteroatoms. The minimum Gasteiger partial charge on any atom is -0.465 e. The molecule has 1 amide bonds. The highest BCUT2D eigenvalue weighted by atomic mass is 35.5. The van der Waals surface area contributed by atoms with E-state index in [1.165, 1.54) is 32.4 Å². The first-order valence-corrected chi connectivity index (χ1v) is 11.5. The Morgan fingerprint density at radius 1 is 0.889 bits per heavy atom. The smallest absolute Gasteiger partial charge is 0.339 e. The number of esters is 2. The molecular weight excluding hydrogens is 503 g/mol. The number of nitrogens with zero attached hydrogens (tertiary/aromatic N) is 1. The second-order valence-electron chi connectivity index (χ2n) is 7.80. The van der Waals surface area contributed by atoms with Crippen molar-refractivity contribution in [1.82, 2.24) is 4.98 Å². The zero-order valence-corrected chi connectivity index (χ0v) is 21.0. The lowest BCUT2D eigenvalue weighted by Gasteiger charge is -2.17. The van der Waals surface area contributed by atoms with Gasteiger partial charge >= 0.3 is 11.9 Å². The Hall–Kier alpha value is -3.94. The molecule has 4 aromatic rings. The Labute approximate surface area is 217 Å². The van der Waals surface area contributed by atoms with E-state index in [0.717, 1.165) is 0 Å². The minimum atomic E-state index is -0.674. The number of aromatic nitrogens is 1. The van der Waals surface area contributed by atoms with Crippen LogP contribution < -0.4 is 5.32 Å². The third-order valence-corrected chi connectivity index (χ3v) is 6.19. The summed E-state index contributed by atoms with van der Waals surface area (Å²) in [5.74, 6) is -1.80. The van der Waals surface area contributed by atoms with E-state index in [1.807, 2.05) is 6.07 Å². The maximum absolute atomic E-state index is 13.7.